The van der Waals surface area contributed by atoms with Crippen molar-refractivity contribution in [1.29, 1.82) is 5.26 Å². The van der Waals surface area contributed by atoms with Crippen molar-refractivity contribution in [3.63, 3.8) is 0 Å². The summed E-state index contributed by atoms with van der Waals surface area (Å²) in [6, 6.07) is 14.2. The first kappa shape index (κ1) is 14.0. The summed E-state index contributed by atoms with van der Waals surface area (Å²) in [5.74, 6) is -0.621. The van der Waals surface area contributed by atoms with Gasteiger partial charge >= 0.3 is 0 Å². The average Bonchev–Trinajstić information content (AvgIpc) is 2.87. The van der Waals surface area contributed by atoms with Gasteiger partial charge in [0.25, 0.3) is 0 Å². The molecule has 1 amide bonds. The van der Waals surface area contributed by atoms with Crippen LogP contribution in [0.2, 0.25) is 0 Å². The molecule has 4 nitrogen and oxygen atoms in total. The minimum absolute atomic E-state index is 0.0127. The van der Waals surface area contributed by atoms with E-state index in [0.29, 0.717) is 16.8 Å². The molecule has 1 N–H and O–H groups in total. The van der Waals surface area contributed by atoms with Crippen molar-refractivity contribution in [3.8, 4) is 6.07 Å². The molecule has 2 aromatic carbocycles. The van der Waals surface area contributed by atoms with Crippen LogP contribution in [0.5, 0.6) is 0 Å². The first-order valence-corrected chi connectivity index (χ1v) is 7.04. The van der Waals surface area contributed by atoms with E-state index in [1.54, 1.807) is 30.3 Å². The number of amides is 1. The van der Waals surface area contributed by atoms with Crippen LogP contribution >= 0.6 is 0 Å². The summed E-state index contributed by atoms with van der Waals surface area (Å²) in [6.45, 7) is 1.92. The third-order valence-electron chi connectivity index (χ3n) is 3.96. The SMILES string of the molecule is Cc1cccc2c1C(C(=O)Nc1ccc(C#N)cc1)CC2=O. The maximum Gasteiger partial charge on any atom is 0.232 e. The van der Waals surface area contributed by atoms with Gasteiger partial charge in [-0.25, -0.2) is 0 Å². The molecule has 0 radical (unpaired) electrons. The molecule has 0 fully saturated rings. The van der Waals surface area contributed by atoms with E-state index in [1.165, 1.54) is 0 Å². The van der Waals surface area contributed by atoms with Gasteiger partial charge in [0.1, 0.15) is 0 Å². The molecule has 1 unspecified atom stereocenters. The van der Waals surface area contributed by atoms with Crippen LogP contribution in [0.3, 0.4) is 0 Å². The zero-order chi connectivity index (χ0) is 15.7. The molecule has 1 aliphatic carbocycles. The fourth-order valence-corrected chi connectivity index (χ4v) is 2.87. The number of aryl methyl sites for hydroxylation is 1. The number of fused-ring (bicyclic) bond motifs is 1. The molecule has 22 heavy (non-hydrogen) atoms. The van der Waals surface area contributed by atoms with E-state index < -0.39 is 5.92 Å². The van der Waals surface area contributed by atoms with Crippen molar-refractivity contribution >= 4 is 17.4 Å². The maximum absolute atomic E-state index is 12.5. The first-order chi connectivity index (χ1) is 10.6. The van der Waals surface area contributed by atoms with Crippen LogP contribution in [0, 0.1) is 18.3 Å². The molecule has 108 valence electrons. The van der Waals surface area contributed by atoms with Gasteiger partial charge in [-0.05, 0) is 42.3 Å². The lowest BCUT2D eigenvalue weighted by Gasteiger charge is -2.13. The van der Waals surface area contributed by atoms with Gasteiger partial charge in [-0.3, -0.25) is 9.59 Å². The van der Waals surface area contributed by atoms with Crippen LogP contribution in [0.1, 0.15) is 39.4 Å². The summed E-state index contributed by atoms with van der Waals surface area (Å²) in [5.41, 5.74) is 3.61. The quantitative estimate of drug-likeness (QED) is 0.923. The largest absolute Gasteiger partial charge is 0.326 e. The van der Waals surface area contributed by atoms with E-state index in [-0.39, 0.29) is 18.1 Å². The van der Waals surface area contributed by atoms with Crippen molar-refractivity contribution in [3.05, 3.63) is 64.7 Å². The van der Waals surface area contributed by atoms with Crippen molar-refractivity contribution in [1.82, 2.24) is 0 Å². The van der Waals surface area contributed by atoms with E-state index in [1.807, 2.05) is 25.1 Å². The molecular formula is C18H14N2O2. The van der Waals surface area contributed by atoms with Gasteiger partial charge < -0.3 is 5.32 Å². The number of carbonyl (C=O) groups excluding carboxylic acids is 2. The van der Waals surface area contributed by atoms with Crippen molar-refractivity contribution in [2.45, 2.75) is 19.3 Å². The standard InChI is InChI=1S/C18H14N2O2/c1-11-3-2-4-14-16(21)9-15(17(11)14)18(22)20-13-7-5-12(10-19)6-8-13/h2-8,15H,9H2,1H3,(H,20,22). The fourth-order valence-electron chi connectivity index (χ4n) is 2.87. The van der Waals surface area contributed by atoms with Gasteiger partial charge in [-0.2, -0.15) is 5.26 Å². The Hall–Kier alpha value is -2.93. The predicted octanol–water partition coefficient (Wildman–Crippen LogP) is 3.18. The summed E-state index contributed by atoms with van der Waals surface area (Å²) in [4.78, 5) is 24.6. The van der Waals surface area contributed by atoms with E-state index in [4.69, 9.17) is 5.26 Å². The van der Waals surface area contributed by atoms with Crippen LogP contribution < -0.4 is 5.32 Å². The Labute approximate surface area is 128 Å². The van der Waals surface area contributed by atoms with Gasteiger partial charge in [0.15, 0.2) is 5.78 Å². The number of carbonyl (C=O) groups is 2. The minimum atomic E-state index is -0.445. The molecule has 1 aliphatic rings. The Kier molecular flexibility index (Phi) is 3.48. The predicted molar refractivity (Wildman–Crippen MR) is 82.7 cm³/mol. The molecule has 0 bridgehead atoms. The Bertz CT molecular complexity index is 801. The number of rotatable bonds is 2. The van der Waals surface area contributed by atoms with E-state index in [0.717, 1.165) is 11.1 Å². The summed E-state index contributed by atoms with van der Waals surface area (Å²) in [5, 5.41) is 11.6. The smallest absolute Gasteiger partial charge is 0.232 e. The third kappa shape index (κ3) is 2.38. The van der Waals surface area contributed by atoms with Gasteiger partial charge in [0.05, 0.1) is 17.6 Å². The van der Waals surface area contributed by atoms with Crippen LogP contribution in [-0.4, -0.2) is 11.7 Å². The number of hydrogen-bond acceptors (Lipinski definition) is 3. The van der Waals surface area contributed by atoms with E-state index >= 15 is 0 Å². The monoisotopic (exact) mass is 290 g/mol. The second-order valence-electron chi connectivity index (χ2n) is 5.39. The van der Waals surface area contributed by atoms with Gasteiger partial charge in [0, 0.05) is 17.7 Å². The van der Waals surface area contributed by atoms with E-state index in [9.17, 15) is 9.59 Å². The Balaban J connectivity index is 1.85. The minimum Gasteiger partial charge on any atom is -0.326 e. The molecule has 2 aromatic rings. The normalized spacial score (nSPS) is 16.0. The van der Waals surface area contributed by atoms with E-state index in [2.05, 4.69) is 5.32 Å². The zero-order valence-corrected chi connectivity index (χ0v) is 12.1. The Morgan fingerprint density at radius 3 is 2.64 bits per heavy atom. The molecule has 1 atom stereocenters. The number of benzene rings is 2. The molecular weight excluding hydrogens is 276 g/mol. The zero-order valence-electron chi connectivity index (χ0n) is 12.1. The second-order valence-corrected chi connectivity index (χ2v) is 5.39. The topological polar surface area (TPSA) is 70.0 Å². The van der Waals surface area contributed by atoms with Crippen molar-refractivity contribution in [2.24, 2.45) is 0 Å². The van der Waals surface area contributed by atoms with Crippen LogP contribution in [0.4, 0.5) is 5.69 Å². The number of ketones is 1. The molecule has 0 aliphatic heterocycles. The van der Waals surface area contributed by atoms with Crippen LogP contribution in [-0.2, 0) is 4.79 Å². The highest BCUT2D eigenvalue weighted by Gasteiger charge is 2.35. The summed E-state index contributed by atoms with van der Waals surface area (Å²) >= 11 is 0. The van der Waals surface area contributed by atoms with Crippen LogP contribution in [0.25, 0.3) is 0 Å². The lowest BCUT2D eigenvalue weighted by molar-refractivity contribution is -0.117. The fraction of sp³-hybridized carbons (Fsp3) is 0.167. The first-order valence-electron chi connectivity index (χ1n) is 7.04. The number of nitrogens with zero attached hydrogens (tertiary/aromatic N) is 1. The van der Waals surface area contributed by atoms with Crippen molar-refractivity contribution in [2.75, 3.05) is 5.32 Å². The Morgan fingerprint density at radius 2 is 1.95 bits per heavy atom. The van der Waals surface area contributed by atoms with Gasteiger partial charge in [0.2, 0.25) is 5.91 Å². The highest BCUT2D eigenvalue weighted by Crippen LogP contribution is 2.36. The van der Waals surface area contributed by atoms with Gasteiger partial charge in [-0.1, -0.05) is 18.2 Å². The summed E-state index contributed by atoms with van der Waals surface area (Å²) in [6.07, 6.45) is 0.211. The highest BCUT2D eigenvalue weighted by atomic mass is 16.2. The molecule has 0 saturated carbocycles. The maximum atomic E-state index is 12.5. The molecule has 4 heteroatoms. The molecule has 0 aromatic heterocycles. The average molecular weight is 290 g/mol. The number of nitriles is 1. The summed E-state index contributed by atoms with van der Waals surface area (Å²) in [7, 11) is 0. The van der Waals surface area contributed by atoms with Crippen molar-refractivity contribution < 1.29 is 9.59 Å². The lowest BCUT2D eigenvalue weighted by Crippen LogP contribution is -2.20. The molecule has 3 rings (SSSR count). The lowest BCUT2D eigenvalue weighted by atomic mass is 9.96. The second kappa shape index (κ2) is 5.45. The number of hydrogen-bond donors (Lipinski definition) is 1. The Morgan fingerprint density at radius 1 is 1.23 bits per heavy atom. The third-order valence-corrected chi connectivity index (χ3v) is 3.96. The molecule has 0 heterocycles. The highest BCUT2D eigenvalue weighted by molar-refractivity contribution is 6.09. The number of nitrogens with one attached hydrogen (secondary N) is 1. The molecule has 0 saturated heterocycles. The number of anilines is 1. The van der Waals surface area contributed by atoms with Crippen LogP contribution in [0.15, 0.2) is 42.5 Å². The molecule has 0 spiro atoms. The van der Waals surface area contributed by atoms with Gasteiger partial charge in [-0.15, -0.1) is 0 Å². The summed E-state index contributed by atoms with van der Waals surface area (Å²) < 4.78 is 0. The number of Topliss-reactive ketones (excluding diaryl/α,β-unsaturated/α-hetero) is 1.